The molecule has 108 valence electrons. The van der Waals surface area contributed by atoms with E-state index in [1.807, 2.05) is 6.07 Å². The Hall–Kier alpha value is -1.35. The largest absolute Gasteiger partial charge is 1.00 e. The fraction of sp³-hybridized carbons (Fsp3) is 0.353. The molecule has 0 N–H and O–H groups in total. The minimum Gasteiger partial charge on any atom is -1.00 e. The Morgan fingerprint density at radius 3 is 2.05 bits per heavy atom. The highest BCUT2D eigenvalue weighted by Gasteiger charge is 2.15. The van der Waals surface area contributed by atoms with Crippen LogP contribution >= 0.6 is 0 Å². The minimum atomic E-state index is 0. The van der Waals surface area contributed by atoms with Gasteiger partial charge in [-0.05, 0) is 39.3 Å². The molecule has 0 aliphatic rings. The van der Waals surface area contributed by atoms with Gasteiger partial charge in [-0.2, -0.15) is 4.57 Å². The highest BCUT2D eigenvalue weighted by atomic mass is 79.9. The van der Waals surface area contributed by atoms with Crippen molar-refractivity contribution < 1.29 is 21.5 Å². The summed E-state index contributed by atoms with van der Waals surface area (Å²) in [6, 6.07) is 10.6. The lowest BCUT2D eigenvalue weighted by atomic mass is 10.0. The van der Waals surface area contributed by atoms with Gasteiger partial charge in [0.05, 0.1) is 0 Å². The lowest BCUT2D eigenvalue weighted by Gasteiger charge is -2.24. The molecule has 1 aromatic heterocycles. The van der Waals surface area contributed by atoms with Crippen molar-refractivity contribution >= 4 is 5.69 Å². The molecule has 2 aromatic rings. The van der Waals surface area contributed by atoms with Crippen LogP contribution in [-0.4, -0.2) is 13.1 Å². The molecule has 1 heterocycles. The Morgan fingerprint density at radius 1 is 0.900 bits per heavy atom. The molecule has 0 unspecified atom stereocenters. The van der Waals surface area contributed by atoms with Crippen molar-refractivity contribution in [1.29, 1.82) is 0 Å². The number of benzene rings is 1. The Kier molecular flexibility index (Phi) is 6.21. The number of rotatable bonds is 4. The van der Waals surface area contributed by atoms with Gasteiger partial charge in [0.1, 0.15) is 0 Å². The Morgan fingerprint density at radius 2 is 1.50 bits per heavy atom. The molecular formula is C17H23BrN2. The molecule has 0 saturated carbocycles. The van der Waals surface area contributed by atoms with Crippen LogP contribution < -0.4 is 26.4 Å². The van der Waals surface area contributed by atoms with Gasteiger partial charge in [0.25, 0.3) is 0 Å². The van der Waals surface area contributed by atoms with Crippen LogP contribution in [0.4, 0.5) is 5.69 Å². The minimum absolute atomic E-state index is 0. The summed E-state index contributed by atoms with van der Waals surface area (Å²) in [6.07, 6.45) is 4.19. The molecule has 0 radical (unpaired) electrons. The van der Waals surface area contributed by atoms with Gasteiger partial charge in [0, 0.05) is 42.5 Å². The van der Waals surface area contributed by atoms with E-state index in [1.54, 1.807) is 0 Å². The number of halogens is 1. The zero-order chi connectivity index (χ0) is 13.8. The number of pyridine rings is 1. The molecule has 0 amide bonds. The third-order valence-corrected chi connectivity index (χ3v) is 3.83. The molecule has 0 fully saturated rings. The zero-order valence-electron chi connectivity index (χ0n) is 12.7. The molecule has 0 aliphatic carbocycles. The molecule has 20 heavy (non-hydrogen) atoms. The molecular weight excluding hydrogens is 312 g/mol. The summed E-state index contributed by atoms with van der Waals surface area (Å²) in [7, 11) is 0. The van der Waals surface area contributed by atoms with E-state index in [-0.39, 0.29) is 17.0 Å². The van der Waals surface area contributed by atoms with Crippen molar-refractivity contribution in [2.75, 3.05) is 18.0 Å². The maximum Gasteiger partial charge on any atom is 0.213 e. The molecule has 1 aromatic carbocycles. The van der Waals surface area contributed by atoms with Gasteiger partial charge < -0.3 is 21.9 Å². The van der Waals surface area contributed by atoms with E-state index in [4.69, 9.17) is 0 Å². The van der Waals surface area contributed by atoms with Crippen LogP contribution in [0.3, 0.4) is 0 Å². The first-order valence-corrected chi connectivity index (χ1v) is 7.00. The monoisotopic (exact) mass is 334 g/mol. The van der Waals surface area contributed by atoms with Crippen molar-refractivity contribution in [1.82, 2.24) is 0 Å². The number of hydrogen-bond acceptors (Lipinski definition) is 1. The summed E-state index contributed by atoms with van der Waals surface area (Å²) in [5, 5.41) is 0. The molecule has 2 rings (SSSR count). The Balaban J connectivity index is 0.00000200. The molecule has 0 atom stereocenters. The third-order valence-electron chi connectivity index (χ3n) is 3.83. The summed E-state index contributed by atoms with van der Waals surface area (Å²) in [5.74, 6) is 0. The average Bonchev–Trinajstić information content (AvgIpc) is 2.46. The van der Waals surface area contributed by atoms with Crippen molar-refractivity contribution in [3.8, 4) is 5.69 Å². The van der Waals surface area contributed by atoms with E-state index in [0.717, 1.165) is 13.1 Å². The second-order valence-corrected chi connectivity index (χ2v) is 4.81. The zero-order valence-corrected chi connectivity index (χ0v) is 14.3. The maximum absolute atomic E-state index is 2.40. The SMILES string of the molecule is CCN(CC)c1ccc(-[n+]2ccccc2)c(C)c1C.[Br-]. The first-order chi connectivity index (χ1) is 9.19. The predicted molar refractivity (Wildman–Crippen MR) is 81.0 cm³/mol. The summed E-state index contributed by atoms with van der Waals surface area (Å²) in [5.41, 5.74) is 5.33. The van der Waals surface area contributed by atoms with Crippen molar-refractivity contribution in [3.05, 3.63) is 53.9 Å². The first-order valence-electron chi connectivity index (χ1n) is 7.00. The quantitative estimate of drug-likeness (QED) is 0.735. The van der Waals surface area contributed by atoms with Crippen LogP contribution in [0.15, 0.2) is 42.7 Å². The van der Waals surface area contributed by atoms with Crippen LogP contribution in [0.5, 0.6) is 0 Å². The second-order valence-electron chi connectivity index (χ2n) is 4.81. The Labute approximate surface area is 132 Å². The van der Waals surface area contributed by atoms with E-state index in [9.17, 15) is 0 Å². The molecule has 0 spiro atoms. The normalized spacial score (nSPS) is 10.0. The van der Waals surface area contributed by atoms with E-state index in [2.05, 4.69) is 73.8 Å². The summed E-state index contributed by atoms with van der Waals surface area (Å²) in [4.78, 5) is 2.40. The summed E-state index contributed by atoms with van der Waals surface area (Å²) < 4.78 is 2.17. The van der Waals surface area contributed by atoms with Crippen LogP contribution in [0.1, 0.15) is 25.0 Å². The molecule has 0 aliphatic heterocycles. The van der Waals surface area contributed by atoms with Gasteiger partial charge in [-0.1, -0.05) is 6.07 Å². The summed E-state index contributed by atoms with van der Waals surface area (Å²) >= 11 is 0. The van der Waals surface area contributed by atoms with E-state index < -0.39 is 0 Å². The molecule has 2 nitrogen and oxygen atoms in total. The van der Waals surface area contributed by atoms with Gasteiger partial charge >= 0.3 is 0 Å². The smallest absolute Gasteiger partial charge is 0.213 e. The predicted octanol–water partition coefficient (Wildman–Crippen LogP) is 0.430. The standard InChI is InChI=1S/C17H23N2.BrH/c1-5-18(6-2)16-10-11-17(15(4)14(16)3)19-12-8-7-9-13-19;/h7-13H,5-6H2,1-4H3;1H/q+1;/p-1. The van der Waals surface area contributed by atoms with Gasteiger partial charge in [0.2, 0.25) is 5.69 Å². The fourth-order valence-electron chi connectivity index (χ4n) is 2.54. The van der Waals surface area contributed by atoms with Crippen LogP contribution in [0.2, 0.25) is 0 Å². The maximum atomic E-state index is 2.40. The molecule has 3 heteroatoms. The van der Waals surface area contributed by atoms with Gasteiger partial charge in [0.15, 0.2) is 12.4 Å². The van der Waals surface area contributed by atoms with Gasteiger partial charge in [-0.25, -0.2) is 0 Å². The van der Waals surface area contributed by atoms with E-state index in [1.165, 1.54) is 22.5 Å². The van der Waals surface area contributed by atoms with Gasteiger partial charge in [-0.3, -0.25) is 0 Å². The van der Waals surface area contributed by atoms with E-state index >= 15 is 0 Å². The van der Waals surface area contributed by atoms with Crippen LogP contribution in [0.25, 0.3) is 5.69 Å². The number of aromatic nitrogens is 1. The summed E-state index contributed by atoms with van der Waals surface area (Å²) in [6.45, 7) is 10.9. The lowest BCUT2D eigenvalue weighted by Crippen LogP contribution is -3.00. The van der Waals surface area contributed by atoms with Crippen molar-refractivity contribution in [3.63, 3.8) is 0 Å². The fourth-order valence-corrected chi connectivity index (χ4v) is 2.54. The van der Waals surface area contributed by atoms with Crippen molar-refractivity contribution in [2.45, 2.75) is 27.7 Å². The van der Waals surface area contributed by atoms with Gasteiger partial charge in [-0.15, -0.1) is 0 Å². The molecule has 0 saturated heterocycles. The number of nitrogens with zero attached hydrogens (tertiary/aromatic N) is 2. The number of hydrogen-bond donors (Lipinski definition) is 0. The highest BCUT2D eigenvalue weighted by Crippen LogP contribution is 2.25. The highest BCUT2D eigenvalue weighted by molar-refractivity contribution is 5.59. The third kappa shape index (κ3) is 3.21. The van der Waals surface area contributed by atoms with E-state index in [0.29, 0.717) is 0 Å². The van der Waals surface area contributed by atoms with Crippen molar-refractivity contribution in [2.24, 2.45) is 0 Å². The van der Waals surface area contributed by atoms with Crippen LogP contribution in [0, 0.1) is 13.8 Å². The van der Waals surface area contributed by atoms with Crippen LogP contribution in [-0.2, 0) is 0 Å². The molecule has 0 bridgehead atoms. The topological polar surface area (TPSA) is 7.12 Å². The second kappa shape index (κ2) is 7.44. The lowest BCUT2D eigenvalue weighted by molar-refractivity contribution is -0.596. The first kappa shape index (κ1) is 16.7. The Bertz CT molecular complexity index is 548. The average molecular weight is 335 g/mol. The number of anilines is 1.